The highest BCUT2D eigenvalue weighted by molar-refractivity contribution is 6.42. The molecular weight excluding hydrogens is 598 g/mol. The largest absolute Gasteiger partial charge is 0.490 e. The van der Waals surface area contributed by atoms with Crippen LogP contribution in [-0.2, 0) is 22.5 Å². The van der Waals surface area contributed by atoms with Crippen LogP contribution in [0.4, 0.5) is 4.39 Å². The van der Waals surface area contributed by atoms with E-state index in [4.69, 9.17) is 32.7 Å². The first-order valence-electron chi connectivity index (χ1n) is 13.7. The number of benzene rings is 2. The van der Waals surface area contributed by atoms with Gasteiger partial charge >= 0.3 is 5.97 Å². The summed E-state index contributed by atoms with van der Waals surface area (Å²) in [6.07, 6.45) is -0.154. The number of amides is 1. The third-order valence-electron chi connectivity index (χ3n) is 7.15. The first kappa shape index (κ1) is 30.7. The fraction of sp³-hybridized carbons (Fsp3) is 0.355. The molecule has 2 aromatic heterocycles. The van der Waals surface area contributed by atoms with Crippen molar-refractivity contribution in [2.24, 2.45) is 0 Å². The number of carboxylic acids is 1. The number of halogens is 3. The molecule has 2 aromatic carbocycles. The number of nitrogens with zero attached hydrogens (tertiary/aromatic N) is 3. The normalized spacial score (nSPS) is 13.9. The number of carbonyl (C=O) groups excluding carboxylic acids is 1. The highest BCUT2D eigenvalue weighted by Crippen LogP contribution is 2.41. The molecule has 1 amide bonds. The second kappa shape index (κ2) is 11.7. The molecule has 3 heterocycles. The summed E-state index contributed by atoms with van der Waals surface area (Å²) in [5.74, 6) is -2.12. The number of carbonyl (C=O) groups is 2. The number of nitrogens with one attached hydrogen (secondary N) is 1. The van der Waals surface area contributed by atoms with E-state index in [1.165, 1.54) is 16.6 Å². The SMILES string of the molecule is Cc1nc2cc(C(=O)NCc3ccc(Cl)c(Cl)c3)nn2c(-c2cc(F)c3c(c2C)CCCO3)c1[C@H](OC(C)(C)C)C(=O)O. The molecule has 1 aliphatic heterocycles. The molecule has 1 atom stereocenters. The molecule has 0 aliphatic carbocycles. The van der Waals surface area contributed by atoms with Crippen molar-refractivity contribution in [3.63, 3.8) is 0 Å². The molecule has 0 saturated heterocycles. The lowest BCUT2D eigenvalue weighted by Crippen LogP contribution is -2.29. The first-order valence-corrected chi connectivity index (χ1v) is 14.5. The number of hydrogen-bond acceptors (Lipinski definition) is 6. The minimum absolute atomic E-state index is 0.0355. The highest BCUT2D eigenvalue weighted by Gasteiger charge is 2.35. The molecular formula is C31H31Cl2FN4O5. The standard InChI is InChI=1S/C31H31Cl2FN4O5/c1-15-18-7-6-10-42-27(18)22(34)12-19(15)26-25(28(30(40)41)43-31(3,4)5)16(2)36-24-13-23(37-38(24)26)29(39)35-14-17-8-9-20(32)21(33)11-17/h8-9,11-13,28H,6-7,10,14H2,1-5H3,(H,35,39)(H,40,41)/t28-/m0/s1. The van der Waals surface area contributed by atoms with E-state index in [2.05, 4.69) is 15.4 Å². The van der Waals surface area contributed by atoms with Crippen molar-refractivity contribution in [3.05, 3.63) is 79.8 Å². The van der Waals surface area contributed by atoms with E-state index in [9.17, 15) is 14.7 Å². The smallest absolute Gasteiger partial charge is 0.337 e. The Morgan fingerprint density at radius 2 is 1.93 bits per heavy atom. The van der Waals surface area contributed by atoms with Crippen molar-refractivity contribution in [1.82, 2.24) is 19.9 Å². The molecule has 9 nitrogen and oxygen atoms in total. The number of aliphatic carboxylic acids is 1. The van der Waals surface area contributed by atoms with Gasteiger partial charge in [-0.2, -0.15) is 5.10 Å². The summed E-state index contributed by atoms with van der Waals surface area (Å²) in [5.41, 5.74) is 2.85. The zero-order valence-electron chi connectivity index (χ0n) is 24.3. The number of aryl methyl sites for hydroxylation is 1. The number of hydrogen-bond donors (Lipinski definition) is 2. The van der Waals surface area contributed by atoms with Gasteiger partial charge < -0.3 is 19.9 Å². The van der Waals surface area contributed by atoms with Crippen LogP contribution in [0.5, 0.6) is 5.75 Å². The van der Waals surface area contributed by atoms with Gasteiger partial charge in [-0.3, -0.25) is 4.79 Å². The van der Waals surface area contributed by atoms with Gasteiger partial charge in [-0.25, -0.2) is 18.7 Å². The maximum atomic E-state index is 15.5. The zero-order valence-corrected chi connectivity index (χ0v) is 25.9. The van der Waals surface area contributed by atoms with E-state index in [0.717, 1.165) is 5.56 Å². The van der Waals surface area contributed by atoms with Crippen LogP contribution in [0.15, 0.2) is 30.3 Å². The number of rotatable bonds is 7. The lowest BCUT2D eigenvalue weighted by molar-refractivity contribution is -0.160. The predicted molar refractivity (Wildman–Crippen MR) is 161 cm³/mol. The van der Waals surface area contributed by atoms with Crippen molar-refractivity contribution in [1.29, 1.82) is 0 Å². The van der Waals surface area contributed by atoms with Crippen molar-refractivity contribution < 1.29 is 28.6 Å². The summed E-state index contributed by atoms with van der Waals surface area (Å²) in [7, 11) is 0. The summed E-state index contributed by atoms with van der Waals surface area (Å²) in [5, 5.41) is 18.4. The molecule has 12 heteroatoms. The first-order chi connectivity index (χ1) is 20.2. The van der Waals surface area contributed by atoms with Gasteiger partial charge in [0.1, 0.15) is 0 Å². The molecule has 5 rings (SSSR count). The molecule has 0 saturated carbocycles. The Morgan fingerprint density at radius 3 is 2.60 bits per heavy atom. The Bertz CT molecular complexity index is 1770. The minimum atomic E-state index is -1.46. The van der Waals surface area contributed by atoms with Gasteiger partial charge in [-0.1, -0.05) is 29.3 Å². The molecule has 4 aromatic rings. The summed E-state index contributed by atoms with van der Waals surface area (Å²) in [6, 6.07) is 7.85. The van der Waals surface area contributed by atoms with Crippen molar-refractivity contribution in [2.75, 3.05) is 6.61 Å². The predicted octanol–water partition coefficient (Wildman–Crippen LogP) is 6.65. The van der Waals surface area contributed by atoms with Crippen LogP contribution in [0.3, 0.4) is 0 Å². The van der Waals surface area contributed by atoms with Crippen molar-refractivity contribution in [3.8, 4) is 17.0 Å². The fourth-order valence-electron chi connectivity index (χ4n) is 5.23. The van der Waals surface area contributed by atoms with E-state index in [1.54, 1.807) is 45.9 Å². The Labute approximate surface area is 257 Å². The van der Waals surface area contributed by atoms with Gasteiger partial charge in [0.05, 0.1) is 27.9 Å². The summed E-state index contributed by atoms with van der Waals surface area (Å²) in [6.45, 7) is 9.30. The quantitative estimate of drug-likeness (QED) is 0.235. The highest BCUT2D eigenvalue weighted by atomic mass is 35.5. The minimum Gasteiger partial charge on any atom is -0.490 e. The molecule has 2 N–H and O–H groups in total. The van der Waals surface area contributed by atoms with E-state index >= 15 is 4.39 Å². The Kier molecular flexibility index (Phi) is 8.39. The van der Waals surface area contributed by atoms with Crippen LogP contribution in [0.1, 0.15) is 71.7 Å². The van der Waals surface area contributed by atoms with E-state index in [1.807, 2.05) is 6.92 Å². The van der Waals surface area contributed by atoms with Crippen molar-refractivity contribution in [2.45, 2.75) is 65.7 Å². The maximum Gasteiger partial charge on any atom is 0.337 e. The number of fused-ring (bicyclic) bond motifs is 2. The lowest BCUT2D eigenvalue weighted by Gasteiger charge is -2.28. The van der Waals surface area contributed by atoms with Crippen molar-refractivity contribution >= 4 is 40.7 Å². The number of carboxylic acid groups (broad SMARTS) is 1. The summed E-state index contributed by atoms with van der Waals surface area (Å²) < 4.78 is 28.6. The molecule has 226 valence electrons. The molecule has 1 aliphatic rings. The number of ether oxygens (including phenoxy) is 2. The number of aromatic nitrogens is 3. The van der Waals surface area contributed by atoms with E-state index in [0.29, 0.717) is 51.9 Å². The van der Waals surface area contributed by atoms with Gasteiger partial charge in [0.2, 0.25) is 0 Å². The second-order valence-electron chi connectivity index (χ2n) is 11.4. The molecule has 43 heavy (non-hydrogen) atoms. The monoisotopic (exact) mass is 628 g/mol. The fourth-order valence-corrected chi connectivity index (χ4v) is 5.55. The Balaban J connectivity index is 1.69. The topological polar surface area (TPSA) is 115 Å². The van der Waals surface area contributed by atoms with Crippen LogP contribution in [-0.4, -0.2) is 43.8 Å². The van der Waals surface area contributed by atoms with E-state index in [-0.39, 0.29) is 34.9 Å². The third kappa shape index (κ3) is 6.18. The van der Waals surface area contributed by atoms with Crippen LogP contribution in [0.25, 0.3) is 16.9 Å². The summed E-state index contributed by atoms with van der Waals surface area (Å²) in [4.78, 5) is 30.5. The third-order valence-corrected chi connectivity index (χ3v) is 7.89. The van der Waals surface area contributed by atoms with Crippen LogP contribution in [0, 0.1) is 19.7 Å². The Hall–Kier alpha value is -3.73. The van der Waals surface area contributed by atoms with Crippen LogP contribution < -0.4 is 10.1 Å². The molecule has 0 unspecified atom stereocenters. The second-order valence-corrected chi connectivity index (χ2v) is 12.2. The van der Waals surface area contributed by atoms with Gasteiger partial charge in [-0.15, -0.1) is 0 Å². The van der Waals surface area contributed by atoms with Crippen LogP contribution in [0.2, 0.25) is 10.0 Å². The van der Waals surface area contributed by atoms with Gasteiger partial charge in [0, 0.05) is 35.0 Å². The van der Waals surface area contributed by atoms with Crippen LogP contribution >= 0.6 is 23.2 Å². The molecule has 0 spiro atoms. The molecule has 0 radical (unpaired) electrons. The summed E-state index contributed by atoms with van der Waals surface area (Å²) >= 11 is 12.1. The lowest BCUT2D eigenvalue weighted by atomic mass is 9.91. The zero-order chi connectivity index (χ0) is 31.2. The molecule has 0 bridgehead atoms. The van der Waals surface area contributed by atoms with Gasteiger partial charge in [0.25, 0.3) is 5.91 Å². The Morgan fingerprint density at radius 1 is 1.19 bits per heavy atom. The maximum absolute atomic E-state index is 15.5. The average Bonchev–Trinajstić information content (AvgIpc) is 3.37. The van der Waals surface area contributed by atoms with E-state index < -0.39 is 29.4 Å². The molecule has 0 fully saturated rings. The average molecular weight is 630 g/mol. The van der Waals surface area contributed by atoms with Gasteiger partial charge in [-0.05, 0) is 76.8 Å². The van der Waals surface area contributed by atoms with Gasteiger partial charge in [0.15, 0.2) is 29.0 Å².